The van der Waals surface area contributed by atoms with E-state index in [9.17, 15) is 8.78 Å². The van der Waals surface area contributed by atoms with Crippen molar-refractivity contribution in [1.29, 1.82) is 0 Å². The van der Waals surface area contributed by atoms with Crippen molar-refractivity contribution in [3.8, 4) is 11.5 Å². The largest absolute Gasteiger partial charge is 0.497 e. The highest BCUT2D eigenvalue weighted by atomic mass is 32.2. The summed E-state index contributed by atoms with van der Waals surface area (Å²) in [4.78, 5) is 4.22. The van der Waals surface area contributed by atoms with Gasteiger partial charge in [-0.15, -0.1) is 0 Å². The van der Waals surface area contributed by atoms with Gasteiger partial charge in [-0.3, -0.25) is 4.99 Å². The van der Waals surface area contributed by atoms with Gasteiger partial charge in [0.25, 0.3) is 0 Å². The van der Waals surface area contributed by atoms with Gasteiger partial charge in [0.2, 0.25) is 0 Å². The fourth-order valence-electron chi connectivity index (χ4n) is 2.87. The van der Waals surface area contributed by atoms with Crippen LogP contribution in [-0.4, -0.2) is 44.3 Å². The SMILES string of the molecule is CN=C(NCc1ccc(OC)cc1OC(F)F)NC1CCC(SC)C1. The molecule has 1 saturated carbocycles. The fraction of sp³-hybridized carbons (Fsp3) is 0.588. The molecule has 1 aliphatic rings. The highest BCUT2D eigenvalue weighted by Crippen LogP contribution is 2.28. The zero-order valence-electron chi connectivity index (χ0n) is 14.7. The number of methoxy groups -OCH3 is 1. The number of thioether (sulfide) groups is 1. The Morgan fingerprint density at radius 3 is 2.80 bits per heavy atom. The van der Waals surface area contributed by atoms with Crippen LogP contribution in [0.5, 0.6) is 11.5 Å². The topological polar surface area (TPSA) is 54.9 Å². The first-order chi connectivity index (χ1) is 12.0. The molecule has 1 aliphatic carbocycles. The molecule has 8 heteroatoms. The number of alkyl halides is 2. The molecule has 1 aromatic rings. The van der Waals surface area contributed by atoms with Crippen LogP contribution in [0.4, 0.5) is 8.78 Å². The highest BCUT2D eigenvalue weighted by molar-refractivity contribution is 7.99. The number of hydrogen-bond acceptors (Lipinski definition) is 4. The lowest BCUT2D eigenvalue weighted by atomic mass is 10.2. The average molecular weight is 373 g/mol. The van der Waals surface area contributed by atoms with Crippen molar-refractivity contribution in [3.05, 3.63) is 23.8 Å². The third-order valence-corrected chi connectivity index (χ3v) is 5.31. The van der Waals surface area contributed by atoms with E-state index in [1.165, 1.54) is 19.6 Å². The van der Waals surface area contributed by atoms with Crippen LogP contribution in [0.2, 0.25) is 0 Å². The molecule has 0 heterocycles. The molecule has 0 spiro atoms. The third-order valence-electron chi connectivity index (χ3n) is 4.22. The number of ether oxygens (including phenoxy) is 2. The first-order valence-corrected chi connectivity index (χ1v) is 9.46. The van der Waals surface area contributed by atoms with Crippen molar-refractivity contribution in [3.63, 3.8) is 0 Å². The minimum absolute atomic E-state index is 0.0978. The predicted octanol–water partition coefficient (Wildman–Crippen LogP) is 3.25. The third kappa shape index (κ3) is 5.95. The van der Waals surface area contributed by atoms with Gasteiger partial charge in [0.05, 0.1) is 7.11 Å². The number of hydrogen-bond donors (Lipinski definition) is 2. The molecule has 0 amide bonds. The number of aliphatic imine (C=N–C) groups is 1. The smallest absolute Gasteiger partial charge is 0.387 e. The van der Waals surface area contributed by atoms with E-state index < -0.39 is 6.61 Å². The van der Waals surface area contributed by atoms with Crippen molar-refractivity contribution in [1.82, 2.24) is 10.6 Å². The molecule has 1 aromatic carbocycles. The van der Waals surface area contributed by atoms with Gasteiger partial charge in [0.15, 0.2) is 5.96 Å². The zero-order valence-corrected chi connectivity index (χ0v) is 15.5. The Bertz CT molecular complexity index is 587. The molecule has 0 bridgehead atoms. The number of rotatable bonds is 7. The Kier molecular flexibility index (Phi) is 7.61. The molecule has 0 saturated heterocycles. The van der Waals surface area contributed by atoms with Crippen LogP contribution >= 0.6 is 11.8 Å². The molecule has 0 radical (unpaired) electrons. The summed E-state index contributed by atoms with van der Waals surface area (Å²) in [6, 6.07) is 5.26. The summed E-state index contributed by atoms with van der Waals surface area (Å²) >= 11 is 1.89. The number of nitrogens with zero attached hydrogens (tertiary/aromatic N) is 1. The molecule has 25 heavy (non-hydrogen) atoms. The van der Waals surface area contributed by atoms with E-state index in [0.29, 0.717) is 35.1 Å². The van der Waals surface area contributed by atoms with Crippen molar-refractivity contribution < 1.29 is 18.3 Å². The Labute approximate surface area is 151 Å². The molecular weight excluding hydrogens is 348 g/mol. The van der Waals surface area contributed by atoms with E-state index in [1.807, 2.05) is 11.8 Å². The quantitative estimate of drug-likeness (QED) is 0.568. The molecular formula is C17H25F2N3O2S. The monoisotopic (exact) mass is 373 g/mol. The lowest BCUT2D eigenvalue weighted by Gasteiger charge is -2.18. The molecule has 140 valence electrons. The van der Waals surface area contributed by atoms with Gasteiger partial charge in [-0.25, -0.2) is 0 Å². The van der Waals surface area contributed by atoms with E-state index in [0.717, 1.165) is 12.8 Å². The summed E-state index contributed by atoms with van der Waals surface area (Å²) in [5, 5.41) is 7.24. The highest BCUT2D eigenvalue weighted by Gasteiger charge is 2.24. The summed E-state index contributed by atoms with van der Waals surface area (Å²) in [6.45, 7) is -2.56. The minimum atomic E-state index is -2.88. The van der Waals surface area contributed by atoms with E-state index in [4.69, 9.17) is 4.74 Å². The minimum Gasteiger partial charge on any atom is -0.497 e. The maximum absolute atomic E-state index is 12.6. The predicted molar refractivity (Wildman–Crippen MR) is 97.9 cm³/mol. The molecule has 2 atom stereocenters. The molecule has 2 unspecified atom stereocenters. The van der Waals surface area contributed by atoms with Gasteiger partial charge < -0.3 is 20.1 Å². The number of guanidine groups is 1. The van der Waals surface area contributed by atoms with Crippen molar-refractivity contribution in [2.45, 2.75) is 43.7 Å². The molecule has 0 aliphatic heterocycles. The van der Waals surface area contributed by atoms with E-state index in [2.05, 4.69) is 26.6 Å². The second kappa shape index (κ2) is 9.70. The van der Waals surface area contributed by atoms with E-state index in [1.54, 1.807) is 19.2 Å². The van der Waals surface area contributed by atoms with Crippen LogP contribution in [-0.2, 0) is 6.54 Å². The van der Waals surface area contributed by atoms with Gasteiger partial charge in [-0.2, -0.15) is 20.5 Å². The maximum atomic E-state index is 12.6. The van der Waals surface area contributed by atoms with Crippen LogP contribution in [0, 0.1) is 0 Å². The van der Waals surface area contributed by atoms with Gasteiger partial charge in [0, 0.05) is 36.5 Å². The summed E-state index contributed by atoms with van der Waals surface area (Å²) in [6.07, 6.45) is 5.54. The maximum Gasteiger partial charge on any atom is 0.387 e. The Morgan fingerprint density at radius 1 is 1.40 bits per heavy atom. The van der Waals surface area contributed by atoms with Gasteiger partial charge in [-0.05, 0) is 37.7 Å². The van der Waals surface area contributed by atoms with Crippen molar-refractivity contribution >= 4 is 17.7 Å². The van der Waals surface area contributed by atoms with Crippen molar-refractivity contribution in [2.24, 2.45) is 4.99 Å². The average Bonchev–Trinajstić information content (AvgIpc) is 3.06. The Morgan fingerprint density at radius 2 is 2.20 bits per heavy atom. The summed E-state index contributed by atoms with van der Waals surface area (Å²) in [7, 11) is 3.18. The normalized spacial score (nSPS) is 20.6. The second-order valence-electron chi connectivity index (χ2n) is 5.79. The second-order valence-corrected chi connectivity index (χ2v) is 6.93. The van der Waals surface area contributed by atoms with Crippen molar-refractivity contribution in [2.75, 3.05) is 20.4 Å². The molecule has 5 nitrogen and oxygen atoms in total. The lowest BCUT2D eigenvalue weighted by molar-refractivity contribution is -0.0505. The van der Waals surface area contributed by atoms with E-state index in [-0.39, 0.29) is 5.75 Å². The van der Waals surface area contributed by atoms with Gasteiger partial charge in [0.1, 0.15) is 11.5 Å². The Balaban J connectivity index is 1.96. The molecule has 2 rings (SSSR count). The molecule has 2 N–H and O–H groups in total. The molecule has 0 aromatic heterocycles. The summed E-state index contributed by atoms with van der Waals surface area (Å²) in [5.41, 5.74) is 0.609. The summed E-state index contributed by atoms with van der Waals surface area (Å²) in [5.74, 6) is 1.22. The van der Waals surface area contributed by atoms with E-state index >= 15 is 0 Å². The van der Waals surface area contributed by atoms with Gasteiger partial charge >= 0.3 is 6.61 Å². The molecule has 1 fully saturated rings. The number of halogens is 2. The standard InChI is InChI=1S/C17H25F2N3O2S/c1-20-17(22-12-5-7-14(8-12)25-3)21-10-11-4-6-13(23-2)9-15(11)24-16(18)19/h4,6,9,12,14,16H,5,7-8,10H2,1-3H3,(H2,20,21,22). The van der Waals surface area contributed by atoms with Crippen LogP contribution in [0.1, 0.15) is 24.8 Å². The number of benzene rings is 1. The Hall–Kier alpha value is -1.70. The van der Waals surface area contributed by atoms with Gasteiger partial charge in [-0.1, -0.05) is 0 Å². The first-order valence-electron chi connectivity index (χ1n) is 8.17. The summed E-state index contributed by atoms with van der Waals surface area (Å²) < 4.78 is 34.9. The van der Waals surface area contributed by atoms with Crippen LogP contribution in [0.25, 0.3) is 0 Å². The lowest BCUT2D eigenvalue weighted by Crippen LogP contribution is -2.42. The zero-order chi connectivity index (χ0) is 18.2. The van der Waals surface area contributed by atoms with Crippen LogP contribution in [0.3, 0.4) is 0 Å². The van der Waals surface area contributed by atoms with Crippen LogP contribution in [0.15, 0.2) is 23.2 Å². The fourth-order valence-corrected chi connectivity index (χ4v) is 3.66. The number of nitrogens with one attached hydrogen (secondary N) is 2. The first kappa shape index (κ1) is 19.6. The van der Waals surface area contributed by atoms with Crippen LogP contribution < -0.4 is 20.1 Å².